The zero-order chi connectivity index (χ0) is 24.8. The zero-order valence-electron chi connectivity index (χ0n) is 19.3. The van der Waals surface area contributed by atoms with Gasteiger partial charge in [0.1, 0.15) is 21.2 Å². The molecule has 0 bridgehead atoms. The van der Waals surface area contributed by atoms with E-state index in [2.05, 4.69) is 20.0 Å². The molecule has 3 rings (SSSR count). The van der Waals surface area contributed by atoms with Crippen molar-refractivity contribution in [1.29, 1.82) is 0 Å². The first-order valence-electron chi connectivity index (χ1n) is 9.53. The fourth-order valence-electron chi connectivity index (χ4n) is 2.65. The molecule has 36 heavy (non-hydrogen) atoms. The number of nitrogens with one attached hydrogen (secondary N) is 2. The number of hydrogen-bond donors (Lipinski definition) is 2. The Labute approximate surface area is 253 Å². The maximum absolute atomic E-state index is 12.4. The molecule has 1 atom stereocenters. The van der Waals surface area contributed by atoms with E-state index in [0.717, 1.165) is 12.1 Å². The molecule has 0 radical (unpaired) electrons. The number of hydrogen-bond acceptors (Lipinski definition) is 11. The number of para-hydroxylation sites is 1. The van der Waals surface area contributed by atoms with Crippen LogP contribution in [0.5, 0.6) is 5.75 Å². The molecule has 12 nitrogen and oxygen atoms in total. The second-order valence-electron chi connectivity index (χ2n) is 6.77. The van der Waals surface area contributed by atoms with Crippen molar-refractivity contribution in [2.75, 3.05) is 15.8 Å². The normalized spacial score (nSPS) is 12.4. The first-order valence-corrected chi connectivity index (χ1v) is 14.1. The second kappa shape index (κ2) is 14.0. The molecular formula is C19H19N4Na2O8S3+. The van der Waals surface area contributed by atoms with E-state index in [0.29, 0.717) is 0 Å². The third-order valence-electron chi connectivity index (χ3n) is 4.23. The summed E-state index contributed by atoms with van der Waals surface area (Å²) in [4.78, 5) is 7.36. The van der Waals surface area contributed by atoms with Crippen molar-refractivity contribution in [2.45, 2.75) is 16.7 Å². The molecule has 2 aromatic carbocycles. The standard InChI is InChI=1S/C19H20N4O8S3.2Na/c24-32(25,31-16-5-2-1-3-6-16)14-11-18(34(28,29)30)22-15-7-9-17(10-8-15)33(26,27)23-19-20-12-4-13-21-19;;/h1-10,12-13,18,22H,11,14H2,(H,20,21,23)(H,28,29,30);;/q;2*+1/p-1. The maximum atomic E-state index is 12.4. The molecule has 0 aliphatic carbocycles. The van der Waals surface area contributed by atoms with Gasteiger partial charge in [-0.05, 0) is 48.9 Å². The smallest absolute Gasteiger partial charge is 0.746 e. The number of sulfonamides is 1. The van der Waals surface area contributed by atoms with E-state index in [4.69, 9.17) is 4.18 Å². The fraction of sp³-hybridized carbons (Fsp3) is 0.158. The van der Waals surface area contributed by atoms with Gasteiger partial charge in [-0.2, -0.15) is 8.42 Å². The van der Waals surface area contributed by atoms with Gasteiger partial charge in [-0.3, -0.25) is 0 Å². The molecule has 3 aromatic rings. The van der Waals surface area contributed by atoms with Gasteiger partial charge in [0.25, 0.3) is 10.0 Å². The summed E-state index contributed by atoms with van der Waals surface area (Å²) in [5, 5.41) is 0.618. The van der Waals surface area contributed by atoms with Crippen molar-refractivity contribution in [3.8, 4) is 5.75 Å². The second-order valence-corrected chi connectivity index (χ2v) is 11.7. The summed E-state index contributed by atoms with van der Waals surface area (Å²) >= 11 is 0. The fourth-order valence-corrected chi connectivity index (χ4v) is 5.46. The monoisotopic (exact) mass is 573 g/mol. The van der Waals surface area contributed by atoms with Gasteiger partial charge in [-0.25, -0.2) is 31.5 Å². The molecular weight excluding hydrogens is 554 g/mol. The van der Waals surface area contributed by atoms with E-state index in [9.17, 15) is 29.8 Å². The van der Waals surface area contributed by atoms with Gasteiger partial charge in [0, 0.05) is 18.1 Å². The molecule has 1 aromatic heterocycles. The van der Waals surface area contributed by atoms with Crippen molar-refractivity contribution in [3.63, 3.8) is 0 Å². The molecule has 182 valence electrons. The Bertz CT molecular complexity index is 1430. The molecule has 0 aliphatic rings. The van der Waals surface area contributed by atoms with Crippen LogP contribution in [0.2, 0.25) is 0 Å². The Balaban J connectivity index is 0.00000324. The molecule has 0 spiro atoms. The van der Waals surface area contributed by atoms with Crippen molar-refractivity contribution >= 4 is 41.9 Å². The molecule has 0 amide bonds. The van der Waals surface area contributed by atoms with Crippen LogP contribution in [0.25, 0.3) is 0 Å². The van der Waals surface area contributed by atoms with Crippen LogP contribution in [0.4, 0.5) is 11.6 Å². The number of benzene rings is 2. The SMILES string of the molecule is O=S(=O)(CCC(Nc1ccc(S(=O)(=O)Nc2ncccn2)cc1)S(=O)(=O)[O-])Oc1ccccc1.[Na+].[Na+]. The van der Waals surface area contributed by atoms with Crippen LogP contribution in [-0.4, -0.2) is 50.9 Å². The van der Waals surface area contributed by atoms with Gasteiger partial charge in [0.15, 0.2) is 0 Å². The van der Waals surface area contributed by atoms with Gasteiger partial charge in [0.2, 0.25) is 5.95 Å². The van der Waals surface area contributed by atoms with Gasteiger partial charge >= 0.3 is 69.2 Å². The number of anilines is 2. The van der Waals surface area contributed by atoms with Crippen LogP contribution in [0, 0.1) is 0 Å². The largest absolute Gasteiger partial charge is 1.00 e. The maximum Gasteiger partial charge on any atom is 1.00 e. The van der Waals surface area contributed by atoms with Crippen molar-refractivity contribution in [3.05, 3.63) is 73.1 Å². The van der Waals surface area contributed by atoms with Crippen LogP contribution in [0.3, 0.4) is 0 Å². The third kappa shape index (κ3) is 10.2. The Morgan fingerprint density at radius 3 is 1.97 bits per heavy atom. The van der Waals surface area contributed by atoms with E-state index in [1.165, 1.54) is 42.7 Å². The minimum Gasteiger partial charge on any atom is -0.746 e. The molecule has 0 saturated heterocycles. The summed E-state index contributed by atoms with van der Waals surface area (Å²) in [6.07, 6.45) is 2.10. The summed E-state index contributed by atoms with van der Waals surface area (Å²) < 4.78 is 91.2. The van der Waals surface area contributed by atoms with Crippen LogP contribution < -0.4 is 73.3 Å². The summed E-state index contributed by atoms with van der Waals surface area (Å²) in [5.41, 5.74) is 0.0840. The molecule has 17 heteroatoms. The first-order chi connectivity index (χ1) is 15.9. The van der Waals surface area contributed by atoms with Gasteiger partial charge in [-0.1, -0.05) is 18.2 Å². The number of rotatable bonds is 11. The van der Waals surface area contributed by atoms with Crippen molar-refractivity contribution in [1.82, 2.24) is 9.97 Å². The van der Waals surface area contributed by atoms with E-state index in [1.54, 1.807) is 18.2 Å². The Morgan fingerprint density at radius 2 is 1.42 bits per heavy atom. The summed E-state index contributed by atoms with van der Waals surface area (Å²) in [7, 11) is -13.2. The number of aromatic nitrogens is 2. The van der Waals surface area contributed by atoms with Crippen molar-refractivity contribution < 1.29 is 93.1 Å². The molecule has 1 unspecified atom stereocenters. The van der Waals surface area contributed by atoms with Crippen LogP contribution >= 0.6 is 0 Å². The molecule has 0 fully saturated rings. The predicted molar refractivity (Wildman–Crippen MR) is 122 cm³/mol. The molecule has 0 saturated carbocycles. The molecule has 2 N–H and O–H groups in total. The Hall–Kier alpha value is -1.27. The predicted octanol–water partition coefficient (Wildman–Crippen LogP) is -4.63. The molecule has 0 aliphatic heterocycles. The van der Waals surface area contributed by atoms with E-state index >= 15 is 0 Å². The zero-order valence-corrected chi connectivity index (χ0v) is 25.8. The van der Waals surface area contributed by atoms with Crippen LogP contribution in [-0.2, 0) is 30.3 Å². The van der Waals surface area contributed by atoms with E-state index in [1.807, 2.05) is 0 Å². The van der Waals surface area contributed by atoms with Crippen LogP contribution in [0.15, 0.2) is 78.0 Å². The quantitative estimate of drug-likeness (QED) is 0.128. The topological polar surface area (TPSA) is 185 Å². The Kier molecular flexibility index (Phi) is 12.8. The summed E-state index contributed by atoms with van der Waals surface area (Å²) in [6, 6.07) is 13.9. The van der Waals surface area contributed by atoms with Gasteiger partial charge in [0.05, 0.1) is 10.6 Å². The summed E-state index contributed by atoms with van der Waals surface area (Å²) in [6.45, 7) is 0. The van der Waals surface area contributed by atoms with Crippen LogP contribution in [0.1, 0.15) is 6.42 Å². The minimum atomic E-state index is -4.97. The van der Waals surface area contributed by atoms with Gasteiger partial charge in [-0.15, -0.1) is 0 Å². The average Bonchev–Trinajstić information content (AvgIpc) is 2.77. The first kappa shape index (κ1) is 32.8. The summed E-state index contributed by atoms with van der Waals surface area (Å²) in [5.74, 6) is -0.849. The van der Waals surface area contributed by atoms with Crippen molar-refractivity contribution in [2.24, 2.45) is 0 Å². The number of nitrogens with zero attached hydrogens (tertiary/aromatic N) is 2. The van der Waals surface area contributed by atoms with Gasteiger partial charge < -0.3 is 14.1 Å². The van der Waals surface area contributed by atoms with E-state index in [-0.39, 0.29) is 81.4 Å². The third-order valence-corrected chi connectivity index (χ3v) is 7.81. The average molecular weight is 574 g/mol. The molecule has 1 heterocycles. The Morgan fingerprint density at radius 1 is 0.833 bits per heavy atom. The van der Waals surface area contributed by atoms with E-state index < -0.39 is 47.8 Å². The minimum absolute atomic E-state index is 0.